The van der Waals surface area contributed by atoms with E-state index in [0.717, 1.165) is 35.7 Å². The SMILES string of the molecule is CCCNCC1CCC(C)CC1Cc1ccccc1Cl. The van der Waals surface area contributed by atoms with Gasteiger partial charge in [0, 0.05) is 5.02 Å². The Bertz CT molecular complexity index is 404. The van der Waals surface area contributed by atoms with Crippen LogP contribution in [0.3, 0.4) is 0 Å². The Labute approximate surface area is 129 Å². The molecule has 0 aliphatic heterocycles. The van der Waals surface area contributed by atoms with E-state index in [1.807, 2.05) is 12.1 Å². The Morgan fingerprint density at radius 3 is 2.75 bits per heavy atom. The lowest BCUT2D eigenvalue weighted by atomic mass is 9.72. The first-order valence-electron chi connectivity index (χ1n) is 8.14. The molecule has 1 saturated carbocycles. The Hall–Kier alpha value is -0.530. The van der Waals surface area contributed by atoms with Crippen LogP contribution < -0.4 is 5.32 Å². The molecule has 1 aromatic rings. The molecule has 0 amide bonds. The van der Waals surface area contributed by atoms with Gasteiger partial charge in [0.15, 0.2) is 0 Å². The molecule has 2 rings (SSSR count). The van der Waals surface area contributed by atoms with E-state index in [-0.39, 0.29) is 0 Å². The molecule has 1 aliphatic rings. The zero-order chi connectivity index (χ0) is 14.4. The van der Waals surface area contributed by atoms with Gasteiger partial charge in [-0.15, -0.1) is 0 Å². The van der Waals surface area contributed by atoms with Gasteiger partial charge in [-0.2, -0.15) is 0 Å². The van der Waals surface area contributed by atoms with Crippen molar-refractivity contribution in [2.45, 2.75) is 46.0 Å². The first-order chi connectivity index (χ1) is 9.70. The van der Waals surface area contributed by atoms with Gasteiger partial charge in [0.1, 0.15) is 0 Å². The van der Waals surface area contributed by atoms with Crippen molar-refractivity contribution in [2.24, 2.45) is 17.8 Å². The number of benzene rings is 1. The lowest BCUT2D eigenvalue weighted by molar-refractivity contribution is 0.184. The fraction of sp³-hybridized carbons (Fsp3) is 0.667. The average molecular weight is 294 g/mol. The summed E-state index contributed by atoms with van der Waals surface area (Å²) in [5.41, 5.74) is 1.33. The lowest BCUT2D eigenvalue weighted by Crippen LogP contribution is -2.34. The predicted octanol–water partition coefficient (Wildman–Crippen LogP) is 4.93. The molecule has 1 N–H and O–H groups in total. The molecule has 0 aromatic heterocycles. The molecule has 0 bridgehead atoms. The molecule has 0 spiro atoms. The van der Waals surface area contributed by atoms with E-state index < -0.39 is 0 Å². The van der Waals surface area contributed by atoms with Crippen LogP contribution >= 0.6 is 11.6 Å². The summed E-state index contributed by atoms with van der Waals surface area (Å²) in [5, 5.41) is 4.55. The summed E-state index contributed by atoms with van der Waals surface area (Å²) in [4.78, 5) is 0. The second-order valence-corrected chi connectivity index (χ2v) is 6.85. The number of rotatable bonds is 6. The summed E-state index contributed by atoms with van der Waals surface area (Å²) in [5.74, 6) is 2.46. The van der Waals surface area contributed by atoms with Crippen LogP contribution in [0.2, 0.25) is 5.02 Å². The Balaban J connectivity index is 1.98. The number of hydrogen-bond donors (Lipinski definition) is 1. The molecule has 0 radical (unpaired) electrons. The lowest BCUT2D eigenvalue weighted by Gasteiger charge is -2.35. The van der Waals surface area contributed by atoms with Crippen LogP contribution in [0.4, 0.5) is 0 Å². The molecule has 1 aromatic carbocycles. The van der Waals surface area contributed by atoms with E-state index in [1.54, 1.807) is 0 Å². The van der Waals surface area contributed by atoms with Crippen LogP contribution in [0.1, 0.15) is 45.1 Å². The van der Waals surface area contributed by atoms with Crippen molar-refractivity contribution in [1.29, 1.82) is 0 Å². The minimum Gasteiger partial charge on any atom is -0.316 e. The van der Waals surface area contributed by atoms with Crippen molar-refractivity contribution in [3.05, 3.63) is 34.9 Å². The van der Waals surface area contributed by atoms with Crippen molar-refractivity contribution in [3.8, 4) is 0 Å². The highest BCUT2D eigenvalue weighted by Gasteiger charge is 2.28. The molecule has 112 valence electrons. The van der Waals surface area contributed by atoms with Gasteiger partial charge < -0.3 is 5.32 Å². The Kier molecular flexibility index (Phi) is 6.38. The maximum atomic E-state index is 6.34. The van der Waals surface area contributed by atoms with Crippen molar-refractivity contribution >= 4 is 11.6 Å². The smallest absolute Gasteiger partial charge is 0.0438 e. The van der Waals surface area contributed by atoms with Gasteiger partial charge in [0.2, 0.25) is 0 Å². The number of hydrogen-bond acceptors (Lipinski definition) is 1. The summed E-state index contributed by atoms with van der Waals surface area (Å²) >= 11 is 6.34. The van der Waals surface area contributed by atoms with E-state index in [1.165, 1.54) is 37.8 Å². The fourth-order valence-electron chi connectivity index (χ4n) is 3.49. The summed E-state index contributed by atoms with van der Waals surface area (Å²) in [6, 6.07) is 8.35. The zero-order valence-corrected chi connectivity index (χ0v) is 13.6. The molecular formula is C18H28ClN. The number of halogens is 1. The van der Waals surface area contributed by atoms with E-state index in [2.05, 4.69) is 31.3 Å². The van der Waals surface area contributed by atoms with Gasteiger partial charge in [-0.3, -0.25) is 0 Å². The van der Waals surface area contributed by atoms with Crippen LogP contribution in [0.15, 0.2) is 24.3 Å². The quantitative estimate of drug-likeness (QED) is 0.733. The molecule has 0 heterocycles. The van der Waals surface area contributed by atoms with Crippen molar-refractivity contribution in [1.82, 2.24) is 5.32 Å². The maximum Gasteiger partial charge on any atom is 0.0438 e. The van der Waals surface area contributed by atoms with E-state index in [9.17, 15) is 0 Å². The van der Waals surface area contributed by atoms with E-state index in [4.69, 9.17) is 11.6 Å². The molecular weight excluding hydrogens is 266 g/mol. The largest absolute Gasteiger partial charge is 0.316 e. The van der Waals surface area contributed by atoms with Gasteiger partial charge >= 0.3 is 0 Å². The first-order valence-corrected chi connectivity index (χ1v) is 8.52. The summed E-state index contributed by atoms with van der Waals surface area (Å²) < 4.78 is 0. The normalized spacial score (nSPS) is 26.6. The van der Waals surface area contributed by atoms with Gasteiger partial charge in [0.05, 0.1) is 0 Å². The average Bonchev–Trinajstić information content (AvgIpc) is 2.44. The van der Waals surface area contributed by atoms with Crippen molar-refractivity contribution in [3.63, 3.8) is 0 Å². The first kappa shape index (κ1) is 15.9. The third kappa shape index (κ3) is 4.49. The predicted molar refractivity (Wildman–Crippen MR) is 88.3 cm³/mol. The van der Waals surface area contributed by atoms with Gasteiger partial charge in [0.25, 0.3) is 0 Å². The summed E-state index contributed by atoms with van der Waals surface area (Å²) in [6.45, 7) is 6.95. The second kappa shape index (κ2) is 8.05. The van der Waals surface area contributed by atoms with Crippen molar-refractivity contribution < 1.29 is 0 Å². The van der Waals surface area contributed by atoms with E-state index >= 15 is 0 Å². The highest BCUT2D eigenvalue weighted by Crippen LogP contribution is 2.36. The summed E-state index contributed by atoms with van der Waals surface area (Å²) in [7, 11) is 0. The van der Waals surface area contributed by atoms with Crippen molar-refractivity contribution in [2.75, 3.05) is 13.1 Å². The van der Waals surface area contributed by atoms with Crippen LogP contribution in [-0.2, 0) is 6.42 Å². The molecule has 1 fully saturated rings. The third-order valence-electron chi connectivity index (χ3n) is 4.68. The van der Waals surface area contributed by atoms with Crippen LogP contribution in [-0.4, -0.2) is 13.1 Å². The van der Waals surface area contributed by atoms with Gasteiger partial charge in [-0.05, 0) is 68.2 Å². The Morgan fingerprint density at radius 2 is 2.00 bits per heavy atom. The summed E-state index contributed by atoms with van der Waals surface area (Å²) in [6.07, 6.45) is 6.47. The van der Waals surface area contributed by atoms with Crippen LogP contribution in [0.5, 0.6) is 0 Å². The minimum absolute atomic E-state index is 0.781. The molecule has 0 saturated heterocycles. The minimum atomic E-state index is 0.781. The highest BCUT2D eigenvalue weighted by molar-refractivity contribution is 6.31. The van der Waals surface area contributed by atoms with Gasteiger partial charge in [-0.1, -0.05) is 50.1 Å². The highest BCUT2D eigenvalue weighted by atomic mass is 35.5. The van der Waals surface area contributed by atoms with E-state index in [0.29, 0.717) is 0 Å². The molecule has 3 atom stereocenters. The number of nitrogens with one attached hydrogen (secondary N) is 1. The fourth-order valence-corrected chi connectivity index (χ4v) is 3.70. The Morgan fingerprint density at radius 1 is 1.20 bits per heavy atom. The molecule has 20 heavy (non-hydrogen) atoms. The standard InChI is InChI=1S/C18H28ClN/c1-3-10-20-13-16-9-8-14(2)11-17(16)12-15-6-4-5-7-18(15)19/h4-7,14,16-17,20H,3,8-13H2,1-2H3. The van der Waals surface area contributed by atoms with Crippen LogP contribution in [0.25, 0.3) is 0 Å². The third-order valence-corrected chi connectivity index (χ3v) is 5.04. The topological polar surface area (TPSA) is 12.0 Å². The molecule has 1 aliphatic carbocycles. The van der Waals surface area contributed by atoms with Crippen LogP contribution in [0, 0.1) is 17.8 Å². The van der Waals surface area contributed by atoms with Gasteiger partial charge in [-0.25, -0.2) is 0 Å². The zero-order valence-electron chi connectivity index (χ0n) is 12.9. The maximum absolute atomic E-state index is 6.34. The second-order valence-electron chi connectivity index (χ2n) is 6.44. The molecule has 3 unspecified atom stereocenters. The molecule has 2 heteroatoms. The molecule has 1 nitrogen and oxygen atoms in total. The monoisotopic (exact) mass is 293 g/mol.